The van der Waals surface area contributed by atoms with Gasteiger partial charge in [0.1, 0.15) is 18.9 Å². The Kier molecular flexibility index (Phi) is 7.06. The van der Waals surface area contributed by atoms with Crippen LogP contribution in [-0.2, 0) is 11.3 Å². The minimum atomic E-state index is -0.175. The maximum Gasteiger partial charge on any atom is 0.155 e. The first-order chi connectivity index (χ1) is 11.8. The van der Waals surface area contributed by atoms with Crippen LogP contribution in [0.3, 0.4) is 0 Å². The van der Waals surface area contributed by atoms with Gasteiger partial charge in [-0.25, -0.2) is 4.39 Å². The maximum absolute atomic E-state index is 13.1. The molecule has 0 amide bonds. The monoisotopic (exact) mass is 336 g/mol. The summed E-state index contributed by atoms with van der Waals surface area (Å²) in [6, 6.07) is 6.74. The van der Waals surface area contributed by atoms with E-state index in [0.717, 1.165) is 18.7 Å². The molecule has 3 rings (SSSR count). The molecule has 0 aliphatic carbocycles. The Bertz CT molecular complexity index is 447. The van der Waals surface area contributed by atoms with Crippen molar-refractivity contribution in [1.82, 2.24) is 0 Å². The minimum Gasteiger partial charge on any atom is -0.362 e. The van der Waals surface area contributed by atoms with Gasteiger partial charge in [-0.2, -0.15) is 0 Å². The van der Waals surface area contributed by atoms with Crippen LogP contribution in [-0.4, -0.2) is 45.4 Å². The zero-order valence-electron chi connectivity index (χ0n) is 14.9. The Balaban J connectivity index is 1.53. The van der Waals surface area contributed by atoms with Crippen molar-refractivity contribution in [2.24, 2.45) is 0 Å². The van der Waals surface area contributed by atoms with Crippen LogP contribution in [0.5, 0.6) is 0 Å². The zero-order chi connectivity index (χ0) is 16.6. The lowest BCUT2D eigenvalue weighted by atomic mass is 10.1. The number of hydrogen-bond acceptors (Lipinski definition) is 1. The van der Waals surface area contributed by atoms with Gasteiger partial charge in [-0.05, 0) is 56.2 Å². The average Bonchev–Trinajstić information content (AvgIpc) is 2.63. The highest BCUT2D eigenvalue weighted by Gasteiger charge is 2.25. The van der Waals surface area contributed by atoms with E-state index in [2.05, 4.69) is 0 Å². The third-order valence-corrected chi connectivity index (χ3v) is 5.55. The summed E-state index contributed by atoms with van der Waals surface area (Å²) in [6.45, 7) is 8.05. The van der Waals surface area contributed by atoms with Gasteiger partial charge in [0.05, 0.1) is 32.8 Å². The molecule has 24 heavy (non-hydrogen) atoms. The molecular weight excluding hydrogens is 303 g/mol. The molecule has 0 saturated carbocycles. The molecule has 2 fully saturated rings. The molecule has 2 heterocycles. The summed E-state index contributed by atoms with van der Waals surface area (Å²) in [5, 5.41) is 0. The van der Waals surface area contributed by atoms with Crippen molar-refractivity contribution in [3.05, 3.63) is 35.6 Å². The molecule has 2 saturated heterocycles. The van der Waals surface area contributed by atoms with Gasteiger partial charge in [-0.15, -0.1) is 0 Å². The Hall–Kier alpha value is -0.970. The van der Waals surface area contributed by atoms with E-state index in [9.17, 15) is 4.39 Å². The van der Waals surface area contributed by atoms with E-state index in [1.165, 1.54) is 76.8 Å². The molecule has 0 aromatic heterocycles. The van der Waals surface area contributed by atoms with Crippen LogP contribution in [0, 0.1) is 5.82 Å². The van der Waals surface area contributed by atoms with Crippen molar-refractivity contribution in [2.45, 2.75) is 51.2 Å². The predicted octanol–water partition coefficient (Wildman–Crippen LogP) is 0.849. The minimum absolute atomic E-state index is 0.175. The number of hydrogen-bond donors (Lipinski definition) is 2. The lowest BCUT2D eigenvalue weighted by Gasteiger charge is -2.31. The van der Waals surface area contributed by atoms with Gasteiger partial charge in [0.25, 0.3) is 0 Å². The number of piperidine rings is 2. The number of rotatable bonds is 7. The van der Waals surface area contributed by atoms with E-state index in [1.807, 2.05) is 12.1 Å². The van der Waals surface area contributed by atoms with Crippen LogP contribution < -0.4 is 9.80 Å². The number of likely N-dealkylation sites (tertiary alicyclic amines) is 2. The van der Waals surface area contributed by atoms with E-state index in [0.29, 0.717) is 12.7 Å². The summed E-state index contributed by atoms with van der Waals surface area (Å²) in [7, 11) is 0. The molecule has 0 radical (unpaired) electrons. The molecule has 2 aliphatic heterocycles. The van der Waals surface area contributed by atoms with Gasteiger partial charge < -0.3 is 14.5 Å². The third-order valence-electron chi connectivity index (χ3n) is 5.55. The van der Waals surface area contributed by atoms with E-state index < -0.39 is 0 Å². The van der Waals surface area contributed by atoms with Gasteiger partial charge in [0.2, 0.25) is 0 Å². The SMILES string of the molecule is Fc1ccc(COC(C[NH+]2CCCCC2)C[NH+]2CCCCC2)cc1. The second-order valence-corrected chi connectivity index (χ2v) is 7.59. The van der Waals surface area contributed by atoms with Gasteiger partial charge in [-0.3, -0.25) is 0 Å². The Morgan fingerprint density at radius 1 is 0.792 bits per heavy atom. The lowest BCUT2D eigenvalue weighted by molar-refractivity contribution is -0.929. The zero-order valence-corrected chi connectivity index (χ0v) is 14.9. The Morgan fingerprint density at radius 2 is 1.29 bits per heavy atom. The number of benzene rings is 1. The predicted molar refractivity (Wildman–Crippen MR) is 93.8 cm³/mol. The number of nitrogens with one attached hydrogen (secondary N) is 2. The topological polar surface area (TPSA) is 18.1 Å². The van der Waals surface area contributed by atoms with Crippen LogP contribution in [0.15, 0.2) is 24.3 Å². The van der Waals surface area contributed by atoms with E-state index in [-0.39, 0.29) is 5.82 Å². The van der Waals surface area contributed by atoms with E-state index >= 15 is 0 Å². The highest BCUT2D eigenvalue weighted by atomic mass is 19.1. The fraction of sp³-hybridized carbons (Fsp3) is 0.700. The number of halogens is 1. The van der Waals surface area contributed by atoms with Crippen molar-refractivity contribution in [3.63, 3.8) is 0 Å². The molecule has 2 N–H and O–H groups in total. The molecule has 0 atom stereocenters. The van der Waals surface area contributed by atoms with Crippen molar-refractivity contribution >= 4 is 0 Å². The fourth-order valence-corrected chi connectivity index (χ4v) is 4.14. The van der Waals surface area contributed by atoms with Crippen LogP contribution in [0.2, 0.25) is 0 Å². The smallest absolute Gasteiger partial charge is 0.155 e. The van der Waals surface area contributed by atoms with Crippen molar-refractivity contribution in [1.29, 1.82) is 0 Å². The standard InChI is InChI=1S/C20H31FN2O/c21-19-9-7-18(8-10-19)17-24-20(15-22-11-3-1-4-12-22)16-23-13-5-2-6-14-23/h7-10,20H,1-6,11-17H2/p+2. The second-order valence-electron chi connectivity index (χ2n) is 7.59. The van der Waals surface area contributed by atoms with Crippen LogP contribution >= 0.6 is 0 Å². The highest BCUT2D eigenvalue weighted by molar-refractivity contribution is 5.14. The van der Waals surface area contributed by atoms with Crippen LogP contribution in [0.4, 0.5) is 4.39 Å². The third kappa shape index (κ3) is 5.83. The average molecular weight is 336 g/mol. The largest absolute Gasteiger partial charge is 0.362 e. The van der Waals surface area contributed by atoms with Gasteiger partial charge in [0, 0.05) is 0 Å². The van der Waals surface area contributed by atoms with E-state index in [4.69, 9.17) is 4.74 Å². The van der Waals surface area contributed by atoms with E-state index in [1.54, 1.807) is 9.80 Å². The fourth-order valence-electron chi connectivity index (χ4n) is 4.14. The maximum atomic E-state index is 13.1. The van der Waals surface area contributed by atoms with Gasteiger partial charge in [-0.1, -0.05) is 12.1 Å². The summed E-state index contributed by atoms with van der Waals surface area (Å²) in [5.74, 6) is -0.175. The molecule has 4 heteroatoms. The first-order valence-electron chi connectivity index (χ1n) is 9.83. The molecule has 3 nitrogen and oxygen atoms in total. The van der Waals surface area contributed by atoms with Crippen LogP contribution in [0.25, 0.3) is 0 Å². The summed E-state index contributed by atoms with van der Waals surface area (Å²) in [6.07, 6.45) is 8.53. The molecule has 1 aromatic carbocycles. The second kappa shape index (κ2) is 9.50. The molecule has 134 valence electrons. The molecule has 0 bridgehead atoms. The summed E-state index contributed by atoms with van der Waals surface area (Å²) >= 11 is 0. The first-order valence-corrected chi connectivity index (χ1v) is 9.83. The Morgan fingerprint density at radius 3 is 1.79 bits per heavy atom. The highest BCUT2D eigenvalue weighted by Crippen LogP contribution is 2.06. The number of ether oxygens (including phenoxy) is 1. The summed E-state index contributed by atoms with van der Waals surface area (Å²) in [5.41, 5.74) is 1.07. The van der Waals surface area contributed by atoms with Gasteiger partial charge in [0.15, 0.2) is 6.10 Å². The first kappa shape index (κ1) is 17.8. The van der Waals surface area contributed by atoms with Gasteiger partial charge >= 0.3 is 0 Å². The quantitative estimate of drug-likeness (QED) is 0.755. The summed E-state index contributed by atoms with van der Waals surface area (Å²) < 4.78 is 19.4. The molecule has 1 aromatic rings. The van der Waals surface area contributed by atoms with Crippen molar-refractivity contribution < 1.29 is 18.9 Å². The summed E-state index contributed by atoms with van der Waals surface area (Å²) in [4.78, 5) is 3.42. The molecular formula is C20H33FN2O+2. The van der Waals surface area contributed by atoms with Crippen molar-refractivity contribution in [3.8, 4) is 0 Å². The lowest BCUT2D eigenvalue weighted by Crippen LogP contribution is -3.17. The van der Waals surface area contributed by atoms with Crippen molar-refractivity contribution in [2.75, 3.05) is 39.3 Å². The molecule has 0 spiro atoms. The molecule has 2 aliphatic rings. The Labute approximate surface area is 145 Å². The van der Waals surface area contributed by atoms with Crippen LogP contribution in [0.1, 0.15) is 44.1 Å². The molecule has 0 unspecified atom stereocenters. The normalized spacial score (nSPS) is 20.6. The number of quaternary nitrogens is 2.